The van der Waals surface area contributed by atoms with E-state index in [2.05, 4.69) is 19.2 Å². The van der Waals surface area contributed by atoms with Crippen LogP contribution in [0.1, 0.15) is 162 Å². The van der Waals surface area contributed by atoms with E-state index in [9.17, 15) is 50.0 Å². The van der Waals surface area contributed by atoms with Crippen molar-refractivity contribution in [2.75, 3.05) is 6.61 Å². The number of phosphoric ester groups is 1. The van der Waals surface area contributed by atoms with E-state index in [0.29, 0.717) is 12.8 Å². The van der Waals surface area contributed by atoms with Crippen molar-refractivity contribution in [3.63, 3.8) is 0 Å². The van der Waals surface area contributed by atoms with Crippen LogP contribution in [0.2, 0.25) is 0 Å². The molecule has 0 aromatic carbocycles. The third-order valence-electron chi connectivity index (χ3n) is 9.72. The fourth-order valence-electron chi connectivity index (χ4n) is 6.42. The van der Waals surface area contributed by atoms with Crippen LogP contribution in [0.5, 0.6) is 0 Å². The highest BCUT2D eigenvalue weighted by Gasteiger charge is 2.51. The molecule has 1 fully saturated rings. The zero-order valence-corrected chi connectivity index (χ0v) is 31.7. The Balaban J connectivity index is 2.62. The molecule has 0 saturated heterocycles. The van der Waals surface area contributed by atoms with Crippen LogP contribution in [0.25, 0.3) is 0 Å². The zero-order chi connectivity index (χ0) is 37.4. The zero-order valence-electron chi connectivity index (χ0n) is 30.8. The van der Waals surface area contributed by atoms with Gasteiger partial charge in [-0.1, -0.05) is 142 Å². The summed E-state index contributed by atoms with van der Waals surface area (Å²) >= 11 is 0. The number of hydrogen-bond acceptors (Lipinski definition) is 11. The number of phosphoric acid groups is 1. The molecule has 1 aliphatic rings. The summed E-state index contributed by atoms with van der Waals surface area (Å²) in [7, 11) is -5.10. The maximum Gasteiger partial charge on any atom is 0.472 e. The van der Waals surface area contributed by atoms with Gasteiger partial charge in [0.15, 0.2) is 0 Å². The summed E-state index contributed by atoms with van der Waals surface area (Å²) < 4.78 is 22.7. The first kappa shape index (κ1) is 47.3. The molecule has 50 heavy (non-hydrogen) atoms. The molecule has 1 amide bonds. The lowest BCUT2D eigenvalue weighted by atomic mass is 9.85. The summed E-state index contributed by atoms with van der Waals surface area (Å²) in [4.78, 5) is 23.2. The van der Waals surface area contributed by atoms with Crippen LogP contribution in [-0.4, -0.2) is 108 Å². The quantitative estimate of drug-likeness (QED) is 0.0353. The van der Waals surface area contributed by atoms with Crippen molar-refractivity contribution in [1.29, 1.82) is 0 Å². The highest BCUT2D eigenvalue weighted by Crippen LogP contribution is 2.47. The Morgan fingerprint density at radius 3 is 1.44 bits per heavy atom. The predicted molar refractivity (Wildman–Crippen MR) is 192 cm³/mol. The van der Waals surface area contributed by atoms with E-state index in [1.165, 1.54) is 70.6 Å². The first-order chi connectivity index (χ1) is 23.8. The van der Waals surface area contributed by atoms with Crippen LogP contribution in [-0.2, 0) is 18.4 Å². The minimum absolute atomic E-state index is 0.219. The molecule has 9 N–H and O–H groups in total. The van der Waals surface area contributed by atoms with Gasteiger partial charge in [-0.2, -0.15) is 0 Å². The van der Waals surface area contributed by atoms with Crippen molar-refractivity contribution in [3.8, 4) is 0 Å². The van der Waals surface area contributed by atoms with E-state index in [0.717, 1.165) is 51.4 Å². The Labute approximate surface area is 300 Å². The molecule has 0 heterocycles. The second-order valence-electron chi connectivity index (χ2n) is 14.3. The van der Waals surface area contributed by atoms with Crippen LogP contribution in [0, 0.1) is 0 Å². The first-order valence-corrected chi connectivity index (χ1v) is 21.1. The van der Waals surface area contributed by atoms with Gasteiger partial charge in [0.1, 0.15) is 36.6 Å². The molecule has 1 saturated carbocycles. The number of aliphatic hydroxyl groups excluding tert-OH is 7. The number of carbonyl (C=O) groups excluding carboxylic acids is 1. The normalized spacial score (nSPS) is 25.6. The Morgan fingerprint density at radius 1 is 0.620 bits per heavy atom. The van der Waals surface area contributed by atoms with Crippen LogP contribution in [0.3, 0.4) is 0 Å². The smallest absolute Gasteiger partial charge is 0.393 e. The van der Waals surface area contributed by atoms with Crippen LogP contribution in [0.15, 0.2) is 0 Å². The Bertz CT molecular complexity index is 885. The molecular formula is C36H72NO12P. The van der Waals surface area contributed by atoms with Crippen molar-refractivity contribution in [2.24, 2.45) is 0 Å². The summed E-state index contributed by atoms with van der Waals surface area (Å²) in [6.45, 7) is 3.70. The Morgan fingerprint density at radius 2 is 1.00 bits per heavy atom. The standard InChI is InChI=1S/C36H72NO12P/c1-3-5-7-9-11-12-13-14-15-16-18-20-22-24-29(39)28(37-30(40)25-27(38)23-21-19-17-10-8-6-4-2)26-48-50(46,47)49-36-34(44)32(42)31(41)33(43)35(36)45/h27-29,31-36,38-39,41-45H,3-26H2,1-2H3,(H,37,40)(H,46,47). The topological polar surface area (TPSA) is 226 Å². The highest BCUT2D eigenvalue weighted by atomic mass is 31.2. The fraction of sp³-hybridized carbons (Fsp3) is 0.972. The van der Waals surface area contributed by atoms with Crippen LogP contribution >= 0.6 is 7.82 Å². The molecule has 14 heteroatoms. The molecular weight excluding hydrogens is 669 g/mol. The number of aliphatic hydroxyl groups is 7. The molecule has 0 spiro atoms. The van der Waals surface area contributed by atoms with Gasteiger partial charge in [0, 0.05) is 0 Å². The van der Waals surface area contributed by atoms with Gasteiger partial charge in [0.25, 0.3) is 0 Å². The van der Waals surface area contributed by atoms with Crippen molar-refractivity contribution >= 4 is 13.7 Å². The van der Waals surface area contributed by atoms with Gasteiger partial charge in [-0.05, 0) is 12.8 Å². The van der Waals surface area contributed by atoms with Crippen molar-refractivity contribution < 1.29 is 59.0 Å². The summed E-state index contributed by atoms with van der Waals surface area (Å²) in [5.41, 5.74) is 0. The second-order valence-corrected chi connectivity index (χ2v) is 15.7. The highest BCUT2D eigenvalue weighted by molar-refractivity contribution is 7.47. The van der Waals surface area contributed by atoms with E-state index in [1.54, 1.807) is 0 Å². The minimum Gasteiger partial charge on any atom is -0.393 e. The van der Waals surface area contributed by atoms with E-state index in [4.69, 9.17) is 9.05 Å². The van der Waals surface area contributed by atoms with Crippen LogP contribution < -0.4 is 5.32 Å². The number of nitrogens with one attached hydrogen (secondary N) is 1. The molecule has 0 aromatic rings. The lowest BCUT2D eigenvalue weighted by Gasteiger charge is -2.41. The third kappa shape index (κ3) is 20.5. The van der Waals surface area contributed by atoms with E-state index in [1.807, 2.05) is 0 Å². The molecule has 1 aliphatic carbocycles. The summed E-state index contributed by atoms with van der Waals surface area (Å²) in [6, 6.07) is -1.14. The molecule has 8 atom stereocenters. The average molecular weight is 742 g/mol. The molecule has 13 nitrogen and oxygen atoms in total. The van der Waals surface area contributed by atoms with Gasteiger partial charge >= 0.3 is 7.82 Å². The number of amides is 1. The number of carbonyl (C=O) groups is 1. The second kappa shape index (κ2) is 27.8. The summed E-state index contributed by atoms with van der Waals surface area (Å²) in [6.07, 6.45) is 9.10. The van der Waals surface area contributed by atoms with Crippen molar-refractivity contribution in [1.82, 2.24) is 5.32 Å². The number of hydrogen-bond donors (Lipinski definition) is 9. The third-order valence-corrected chi connectivity index (χ3v) is 10.7. The van der Waals surface area contributed by atoms with Gasteiger partial charge in [-0.25, -0.2) is 4.57 Å². The molecule has 0 aliphatic heterocycles. The van der Waals surface area contributed by atoms with Gasteiger partial charge in [-0.15, -0.1) is 0 Å². The molecule has 0 radical (unpaired) electrons. The van der Waals surface area contributed by atoms with Gasteiger partial charge in [0.05, 0.1) is 31.3 Å². The molecule has 0 aromatic heterocycles. The fourth-order valence-corrected chi connectivity index (χ4v) is 7.39. The monoisotopic (exact) mass is 741 g/mol. The maximum atomic E-state index is 12.8. The molecule has 1 rings (SSSR count). The van der Waals surface area contributed by atoms with Gasteiger partial charge in [-0.3, -0.25) is 13.8 Å². The lowest BCUT2D eigenvalue weighted by Crippen LogP contribution is -2.64. The van der Waals surface area contributed by atoms with E-state index < -0.39 is 75.2 Å². The Kier molecular flexibility index (Phi) is 26.3. The maximum absolute atomic E-state index is 12.8. The van der Waals surface area contributed by atoms with Gasteiger partial charge < -0.3 is 46.0 Å². The largest absolute Gasteiger partial charge is 0.472 e. The summed E-state index contributed by atoms with van der Waals surface area (Å²) in [5.74, 6) is -0.564. The van der Waals surface area contributed by atoms with E-state index in [-0.39, 0.29) is 12.8 Å². The summed E-state index contributed by atoms with van der Waals surface area (Å²) in [5, 5.41) is 74.0. The molecule has 0 bridgehead atoms. The van der Waals surface area contributed by atoms with Crippen molar-refractivity contribution in [3.05, 3.63) is 0 Å². The first-order valence-electron chi connectivity index (χ1n) is 19.6. The van der Waals surface area contributed by atoms with E-state index >= 15 is 0 Å². The molecule has 298 valence electrons. The predicted octanol–water partition coefficient (Wildman–Crippen LogP) is 4.53. The molecule has 8 unspecified atom stereocenters. The number of rotatable bonds is 31. The average Bonchev–Trinajstić information content (AvgIpc) is 3.08. The minimum atomic E-state index is -5.10. The van der Waals surface area contributed by atoms with Gasteiger partial charge in [0.2, 0.25) is 5.91 Å². The number of unbranched alkanes of at least 4 members (excludes halogenated alkanes) is 18. The SMILES string of the molecule is CCCCCCCCCCCCCCCC(O)C(COP(=O)(O)OC1C(O)C(O)C(O)C(O)C1O)NC(=O)CC(O)CCCCCCCCC. The van der Waals surface area contributed by atoms with Crippen LogP contribution in [0.4, 0.5) is 0 Å². The van der Waals surface area contributed by atoms with Crippen molar-refractivity contribution in [2.45, 2.75) is 216 Å². The lowest BCUT2D eigenvalue weighted by molar-refractivity contribution is -0.220. The Hall–Kier alpha value is -0.700.